The van der Waals surface area contributed by atoms with E-state index in [1.807, 2.05) is 17.8 Å². The molecule has 2 aromatic carbocycles. The second kappa shape index (κ2) is 8.45. The molecule has 1 heterocycles. The minimum absolute atomic E-state index is 0.0464. The van der Waals surface area contributed by atoms with Gasteiger partial charge in [0, 0.05) is 30.2 Å². The van der Waals surface area contributed by atoms with Crippen molar-refractivity contribution >= 4 is 33.0 Å². The largest absolute Gasteiger partial charge is 0.486 e. The molecular formula is C19H18ClN3O4S. The summed E-state index contributed by atoms with van der Waals surface area (Å²) >= 11 is 5.76. The van der Waals surface area contributed by atoms with Gasteiger partial charge in [0.1, 0.15) is 23.9 Å². The second-order valence-electron chi connectivity index (χ2n) is 6.03. The number of halogens is 1. The van der Waals surface area contributed by atoms with Crippen molar-refractivity contribution in [2.24, 2.45) is 7.05 Å². The molecule has 0 bridgehead atoms. The number of amides is 1. The number of benzene rings is 2. The summed E-state index contributed by atoms with van der Waals surface area (Å²) in [4.78, 5) is 16.3. The molecule has 1 aromatic heterocycles. The number of aryl methyl sites for hydroxylation is 1. The number of imidazole rings is 1. The van der Waals surface area contributed by atoms with Crippen LogP contribution in [0.5, 0.6) is 5.75 Å². The van der Waals surface area contributed by atoms with Crippen molar-refractivity contribution in [3.63, 3.8) is 0 Å². The molecule has 0 saturated carbocycles. The van der Waals surface area contributed by atoms with Crippen LogP contribution in [0.1, 0.15) is 5.82 Å². The summed E-state index contributed by atoms with van der Waals surface area (Å²) in [6.45, 7) is 0.314. The number of aromatic nitrogens is 2. The van der Waals surface area contributed by atoms with Gasteiger partial charge in [-0.3, -0.25) is 4.79 Å². The van der Waals surface area contributed by atoms with Crippen LogP contribution in [0, 0.1) is 0 Å². The predicted molar refractivity (Wildman–Crippen MR) is 106 cm³/mol. The number of carbonyl (C=O) groups is 1. The van der Waals surface area contributed by atoms with E-state index < -0.39 is 21.5 Å². The molecule has 3 rings (SSSR count). The summed E-state index contributed by atoms with van der Waals surface area (Å²) < 4.78 is 32.1. The lowest BCUT2D eigenvalue weighted by Gasteiger charge is -2.09. The van der Waals surface area contributed by atoms with Crippen LogP contribution in [0.3, 0.4) is 0 Å². The van der Waals surface area contributed by atoms with Crippen LogP contribution in [0.15, 0.2) is 65.8 Å². The fourth-order valence-corrected chi connectivity index (χ4v) is 3.67. The maximum atomic E-state index is 12.3. The van der Waals surface area contributed by atoms with Crippen molar-refractivity contribution in [3.8, 4) is 5.75 Å². The summed E-state index contributed by atoms with van der Waals surface area (Å²) in [7, 11) is -1.87. The van der Waals surface area contributed by atoms with Crippen molar-refractivity contribution in [1.29, 1.82) is 0 Å². The van der Waals surface area contributed by atoms with Crippen molar-refractivity contribution < 1.29 is 17.9 Å². The van der Waals surface area contributed by atoms with Gasteiger partial charge in [-0.1, -0.05) is 11.6 Å². The highest BCUT2D eigenvalue weighted by atomic mass is 35.5. The number of nitrogens with zero attached hydrogens (tertiary/aromatic N) is 2. The third kappa shape index (κ3) is 5.11. The van der Waals surface area contributed by atoms with Crippen LogP contribution in [0.25, 0.3) is 0 Å². The number of anilines is 1. The Morgan fingerprint density at radius 2 is 1.82 bits per heavy atom. The molecule has 1 N–H and O–H groups in total. The third-order valence-electron chi connectivity index (χ3n) is 3.92. The Labute approximate surface area is 167 Å². The predicted octanol–water partition coefficient (Wildman–Crippen LogP) is 3.06. The van der Waals surface area contributed by atoms with Crippen LogP contribution >= 0.6 is 11.6 Å². The Balaban J connectivity index is 1.56. The van der Waals surface area contributed by atoms with Crippen LogP contribution in [0.4, 0.5) is 5.69 Å². The molecule has 0 fully saturated rings. The average molecular weight is 420 g/mol. The highest BCUT2D eigenvalue weighted by Gasteiger charge is 2.19. The number of ether oxygens (including phenoxy) is 1. The van der Waals surface area contributed by atoms with Gasteiger partial charge in [0.25, 0.3) is 0 Å². The molecule has 7 nitrogen and oxygen atoms in total. The first-order valence-corrected chi connectivity index (χ1v) is 10.3. The van der Waals surface area contributed by atoms with E-state index in [4.69, 9.17) is 16.3 Å². The van der Waals surface area contributed by atoms with E-state index >= 15 is 0 Å². The smallest absolute Gasteiger partial charge is 0.239 e. The minimum Gasteiger partial charge on any atom is -0.486 e. The number of hydrogen-bond donors (Lipinski definition) is 1. The van der Waals surface area contributed by atoms with Gasteiger partial charge in [-0.25, -0.2) is 13.4 Å². The Hall–Kier alpha value is -2.84. The summed E-state index contributed by atoms with van der Waals surface area (Å²) in [5.74, 6) is 0.0997. The SMILES string of the molecule is Cn1ccnc1COc1ccc(NC(=O)CS(=O)(=O)c2ccc(Cl)cc2)cc1. The molecule has 0 radical (unpaired) electrons. The molecule has 0 aliphatic rings. The standard InChI is InChI=1S/C19H18ClN3O4S/c1-23-11-10-21-18(23)12-27-16-6-4-15(5-7-16)22-19(24)13-28(25,26)17-8-2-14(20)3-9-17/h2-11H,12-13H2,1H3,(H,22,24). The molecule has 146 valence electrons. The molecule has 0 aliphatic carbocycles. The van der Waals surface area contributed by atoms with Crippen molar-refractivity contribution in [3.05, 3.63) is 71.8 Å². The molecule has 0 unspecified atom stereocenters. The third-order valence-corrected chi connectivity index (χ3v) is 5.81. The van der Waals surface area contributed by atoms with Gasteiger partial charge in [-0.15, -0.1) is 0 Å². The molecule has 0 saturated heterocycles. The number of rotatable bonds is 7. The first-order chi connectivity index (χ1) is 13.3. The lowest BCUT2D eigenvalue weighted by Crippen LogP contribution is -2.23. The molecule has 0 atom stereocenters. The van der Waals surface area contributed by atoms with Crippen molar-refractivity contribution in [1.82, 2.24) is 9.55 Å². The normalized spacial score (nSPS) is 11.2. The van der Waals surface area contributed by atoms with E-state index in [0.29, 0.717) is 23.1 Å². The molecule has 9 heteroatoms. The maximum Gasteiger partial charge on any atom is 0.239 e. The zero-order valence-corrected chi connectivity index (χ0v) is 16.6. The van der Waals surface area contributed by atoms with Crippen LogP contribution in [-0.2, 0) is 28.3 Å². The first kappa shape index (κ1) is 19.9. The van der Waals surface area contributed by atoms with E-state index in [1.165, 1.54) is 24.3 Å². The molecule has 1 amide bonds. The van der Waals surface area contributed by atoms with Gasteiger partial charge < -0.3 is 14.6 Å². The van der Waals surface area contributed by atoms with Gasteiger partial charge in [-0.2, -0.15) is 0 Å². The highest BCUT2D eigenvalue weighted by molar-refractivity contribution is 7.92. The van der Waals surface area contributed by atoms with E-state index in [0.717, 1.165) is 5.82 Å². The summed E-state index contributed by atoms with van der Waals surface area (Å²) in [5, 5.41) is 2.99. The summed E-state index contributed by atoms with van der Waals surface area (Å²) in [6.07, 6.45) is 3.52. The van der Waals surface area contributed by atoms with Crippen molar-refractivity contribution in [2.75, 3.05) is 11.1 Å². The number of nitrogens with one attached hydrogen (secondary N) is 1. The molecule has 0 aliphatic heterocycles. The topological polar surface area (TPSA) is 90.3 Å². The lowest BCUT2D eigenvalue weighted by molar-refractivity contribution is -0.113. The number of hydrogen-bond acceptors (Lipinski definition) is 5. The first-order valence-electron chi connectivity index (χ1n) is 8.31. The fourth-order valence-electron chi connectivity index (χ4n) is 2.41. The molecule has 28 heavy (non-hydrogen) atoms. The Morgan fingerprint density at radius 1 is 1.14 bits per heavy atom. The van der Waals surface area contributed by atoms with Crippen molar-refractivity contribution in [2.45, 2.75) is 11.5 Å². The Kier molecular flexibility index (Phi) is 6.01. The Morgan fingerprint density at radius 3 is 2.43 bits per heavy atom. The molecular weight excluding hydrogens is 402 g/mol. The van der Waals surface area contributed by atoms with Crippen LogP contribution < -0.4 is 10.1 Å². The van der Waals surface area contributed by atoms with Crippen LogP contribution in [-0.4, -0.2) is 29.6 Å². The zero-order valence-electron chi connectivity index (χ0n) is 15.0. The number of carbonyl (C=O) groups excluding carboxylic acids is 1. The van der Waals surface area contributed by atoms with Gasteiger partial charge >= 0.3 is 0 Å². The summed E-state index contributed by atoms with van der Waals surface area (Å²) in [6, 6.07) is 12.3. The molecule has 3 aromatic rings. The van der Waals surface area contributed by atoms with Gasteiger partial charge in [0.2, 0.25) is 5.91 Å². The lowest BCUT2D eigenvalue weighted by atomic mass is 10.3. The maximum absolute atomic E-state index is 12.3. The zero-order chi connectivity index (χ0) is 20.1. The van der Waals surface area contributed by atoms with E-state index in [9.17, 15) is 13.2 Å². The van der Waals surface area contributed by atoms with E-state index in [1.54, 1.807) is 30.5 Å². The van der Waals surface area contributed by atoms with Gasteiger partial charge in [0.15, 0.2) is 9.84 Å². The minimum atomic E-state index is -3.75. The van der Waals surface area contributed by atoms with E-state index in [2.05, 4.69) is 10.3 Å². The second-order valence-corrected chi connectivity index (χ2v) is 8.45. The average Bonchev–Trinajstić information content (AvgIpc) is 3.06. The summed E-state index contributed by atoms with van der Waals surface area (Å²) in [5.41, 5.74) is 0.473. The highest BCUT2D eigenvalue weighted by Crippen LogP contribution is 2.18. The molecule has 0 spiro atoms. The van der Waals surface area contributed by atoms with Crippen LogP contribution in [0.2, 0.25) is 5.02 Å². The Bertz CT molecular complexity index is 1060. The van der Waals surface area contributed by atoms with Gasteiger partial charge in [0.05, 0.1) is 4.90 Å². The quantitative estimate of drug-likeness (QED) is 0.635. The van der Waals surface area contributed by atoms with Gasteiger partial charge in [-0.05, 0) is 48.5 Å². The van der Waals surface area contributed by atoms with E-state index in [-0.39, 0.29) is 4.90 Å². The number of sulfone groups is 1. The fraction of sp³-hybridized carbons (Fsp3) is 0.158. The monoisotopic (exact) mass is 419 g/mol.